The molecule has 0 aliphatic carbocycles. The zero-order valence-corrected chi connectivity index (χ0v) is 7.78. The highest BCUT2D eigenvalue weighted by molar-refractivity contribution is 6.30. The van der Waals surface area contributed by atoms with Crippen molar-refractivity contribution in [1.29, 1.82) is 5.26 Å². The van der Waals surface area contributed by atoms with Gasteiger partial charge in [-0.15, -0.1) is 0 Å². The molecule has 72 valence electrons. The van der Waals surface area contributed by atoms with Crippen LogP contribution in [0.5, 0.6) is 5.75 Å². The van der Waals surface area contributed by atoms with Crippen LogP contribution in [0.3, 0.4) is 0 Å². The van der Waals surface area contributed by atoms with Crippen LogP contribution in [0.25, 0.3) is 0 Å². The highest BCUT2D eigenvalue weighted by Gasteiger charge is 2.12. The number of rotatable bonds is 2. The molecule has 0 bridgehead atoms. The first-order valence-electron chi connectivity index (χ1n) is 3.67. The lowest BCUT2D eigenvalue weighted by Crippen LogP contribution is -2.05. The molecule has 0 saturated heterocycles. The van der Waals surface area contributed by atoms with E-state index in [0.717, 1.165) is 0 Å². The van der Waals surface area contributed by atoms with E-state index in [1.807, 2.05) is 0 Å². The standard InChI is InChI=1S/C9H6ClNO3/c10-6-1-2-7(8(12)5-6)9(13)14-4-3-11/h1-2,5,12H,4H2. The van der Waals surface area contributed by atoms with Gasteiger partial charge in [0.05, 0.1) is 0 Å². The fourth-order valence-corrected chi connectivity index (χ4v) is 1.02. The average Bonchev–Trinajstić information content (AvgIpc) is 2.14. The van der Waals surface area contributed by atoms with Crippen LogP contribution in [-0.2, 0) is 4.74 Å². The molecular formula is C9H6ClNO3. The van der Waals surface area contributed by atoms with Gasteiger partial charge in [0, 0.05) is 5.02 Å². The van der Waals surface area contributed by atoms with Crippen molar-refractivity contribution >= 4 is 17.6 Å². The second kappa shape index (κ2) is 4.49. The first kappa shape index (κ1) is 10.4. The fraction of sp³-hybridized carbons (Fsp3) is 0.111. The maximum absolute atomic E-state index is 11.2. The molecule has 0 heterocycles. The Morgan fingerprint density at radius 3 is 2.93 bits per heavy atom. The Hall–Kier alpha value is -1.73. The molecule has 1 aromatic rings. The Bertz CT molecular complexity index is 398. The third-order valence-corrected chi connectivity index (χ3v) is 1.68. The highest BCUT2D eigenvalue weighted by atomic mass is 35.5. The number of aromatic hydroxyl groups is 1. The van der Waals surface area contributed by atoms with Crippen LogP contribution < -0.4 is 0 Å². The van der Waals surface area contributed by atoms with Gasteiger partial charge in [-0.25, -0.2) is 4.79 Å². The van der Waals surface area contributed by atoms with Crippen LogP contribution in [-0.4, -0.2) is 17.7 Å². The number of benzene rings is 1. The molecule has 0 amide bonds. The molecule has 1 N–H and O–H groups in total. The summed E-state index contributed by atoms with van der Waals surface area (Å²) in [4.78, 5) is 11.2. The Kier molecular flexibility index (Phi) is 3.32. The smallest absolute Gasteiger partial charge is 0.342 e. The average molecular weight is 212 g/mol. The highest BCUT2D eigenvalue weighted by Crippen LogP contribution is 2.22. The number of ether oxygens (including phenoxy) is 1. The molecular weight excluding hydrogens is 206 g/mol. The molecule has 0 aliphatic rings. The number of carbonyl (C=O) groups excluding carboxylic acids is 1. The van der Waals surface area contributed by atoms with Crippen LogP contribution in [0.2, 0.25) is 5.02 Å². The molecule has 1 rings (SSSR count). The summed E-state index contributed by atoms with van der Waals surface area (Å²) in [5.41, 5.74) is -0.00958. The molecule has 0 atom stereocenters. The van der Waals surface area contributed by atoms with Crippen molar-refractivity contribution in [3.05, 3.63) is 28.8 Å². The molecule has 0 aliphatic heterocycles. The topological polar surface area (TPSA) is 70.3 Å². The quantitative estimate of drug-likeness (QED) is 0.757. The Balaban J connectivity index is 2.86. The number of hydrogen-bond donors (Lipinski definition) is 1. The second-order valence-corrected chi connectivity index (χ2v) is 2.83. The summed E-state index contributed by atoms with van der Waals surface area (Å²) in [6.07, 6.45) is 0. The van der Waals surface area contributed by atoms with Crippen molar-refractivity contribution < 1.29 is 14.6 Å². The number of nitrogens with zero attached hydrogens (tertiary/aromatic N) is 1. The van der Waals surface area contributed by atoms with Gasteiger partial charge < -0.3 is 9.84 Å². The van der Waals surface area contributed by atoms with Crippen LogP contribution in [0.4, 0.5) is 0 Å². The Morgan fingerprint density at radius 1 is 1.64 bits per heavy atom. The van der Waals surface area contributed by atoms with Crippen molar-refractivity contribution in [2.24, 2.45) is 0 Å². The second-order valence-electron chi connectivity index (χ2n) is 2.40. The predicted molar refractivity (Wildman–Crippen MR) is 49.0 cm³/mol. The number of halogens is 1. The molecule has 0 saturated carbocycles. The van der Waals surface area contributed by atoms with Gasteiger partial charge in [0.1, 0.15) is 17.4 Å². The van der Waals surface area contributed by atoms with E-state index in [1.165, 1.54) is 18.2 Å². The van der Waals surface area contributed by atoms with Gasteiger partial charge >= 0.3 is 5.97 Å². The lowest BCUT2D eigenvalue weighted by Gasteiger charge is -2.02. The normalized spacial score (nSPS) is 9.14. The molecule has 0 fully saturated rings. The van der Waals surface area contributed by atoms with E-state index in [0.29, 0.717) is 5.02 Å². The summed E-state index contributed by atoms with van der Waals surface area (Å²) in [6, 6.07) is 5.65. The van der Waals surface area contributed by atoms with Gasteiger partial charge in [-0.3, -0.25) is 0 Å². The Labute approximate surface area is 85.3 Å². The number of phenolic OH excluding ortho intramolecular Hbond substituents is 1. The van der Waals surface area contributed by atoms with Gasteiger partial charge in [0.15, 0.2) is 6.61 Å². The minimum atomic E-state index is -0.749. The largest absolute Gasteiger partial charge is 0.507 e. The molecule has 0 radical (unpaired) electrons. The maximum Gasteiger partial charge on any atom is 0.342 e. The van der Waals surface area contributed by atoms with Gasteiger partial charge in [0.25, 0.3) is 0 Å². The van der Waals surface area contributed by atoms with Gasteiger partial charge in [-0.1, -0.05) is 11.6 Å². The van der Waals surface area contributed by atoms with E-state index in [-0.39, 0.29) is 17.9 Å². The lowest BCUT2D eigenvalue weighted by atomic mass is 10.2. The SMILES string of the molecule is N#CCOC(=O)c1ccc(Cl)cc1O. The number of esters is 1. The van der Waals surface area contributed by atoms with E-state index in [9.17, 15) is 9.90 Å². The lowest BCUT2D eigenvalue weighted by molar-refractivity contribution is 0.0551. The minimum absolute atomic E-state index is 0.00958. The van der Waals surface area contributed by atoms with Crippen molar-refractivity contribution in [2.75, 3.05) is 6.61 Å². The van der Waals surface area contributed by atoms with Crippen molar-refractivity contribution in [3.63, 3.8) is 0 Å². The molecule has 0 unspecified atom stereocenters. The zero-order valence-electron chi connectivity index (χ0n) is 7.03. The van der Waals surface area contributed by atoms with Gasteiger partial charge in [0.2, 0.25) is 0 Å². The van der Waals surface area contributed by atoms with E-state index in [2.05, 4.69) is 4.74 Å². The summed E-state index contributed by atoms with van der Waals surface area (Å²) >= 11 is 5.56. The number of phenols is 1. The number of hydrogen-bond acceptors (Lipinski definition) is 4. The predicted octanol–water partition coefficient (Wildman–Crippen LogP) is 1.73. The van der Waals surface area contributed by atoms with Crippen molar-refractivity contribution in [2.45, 2.75) is 0 Å². The minimum Gasteiger partial charge on any atom is -0.507 e. The Morgan fingerprint density at radius 2 is 2.36 bits per heavy atom. The number of carbonyl (C=O) groups is 1. The van der Waals surface area contributed by atoms with Crippen LogP contribution in [0, 0.1) is 11.3 Å². The summed E-state index contributed by atoms with van der Waals surface area (Å²) in [6.45, 7) is -0.346. The zero-order chi connectivity index (χ0) is 10.6. The van der Waals surface area contributed by atoms with E-state index >= 15 is 0 Å². The summed E-state index contributed by atoms with van der Waals surface area (Å²) in [5.74, 6) is -1.01. The molecule has 0 aromatic heterocycles. The van der Waals surface area contributed by atoms with E-state index in [1.54, 1.807) is 6.07 Å². The first-order valence-corrected chi connectivity index (χ1v) is 4.05. The van der Waals surface area contributed by atoms with Crippen LogP contribution in [0.15, 0.2) is 18.2 Å². The molecule has 1 aromatic carbocycles. The third-order valence-electron chi connectivity index (χ3n) is 1.45. The van der Waals surface area contributed by atoms with E-state index in [4.69, 9.17) is 16.9 Å². The van der Waals surface area contributed by atoms with E-state index < -0.39 is 5.97 Å². The summed E-state index contributed by atoms with van der Waals surface area (Å²) in [7, 11) is 0. The maximum atomic E-state index is 11.2. The molecule has 0 spiro atoms. The third kappa shape index (κ3) is 2.38. The monoisotopic (exact) mass is 211 g/mol. The van der Waals surface area contributed by atoms with Gasteiger partial charge in [-0.2, -0.15) is 5.26 Å². The molecule has 4 nitrogen and oxygen atoms in total. The summed E-state index contributed by atoms with van der Waals surface area (Å²) < 4.78 is 4.49. The fourth-order valence-electron chi connectivity index (χ4n) is 0.853. The van der Waals surface area contributed by atoms with Crippen molar-refractivity contribution in [1.82, 2.24) is 0 Å². The van der Waals surface area contributed by atoms with Crippen LogP contribution >= 0.6 is 11.6 Å². The number of nitriles is 1. The summed E-state index contributed by atoms with van der Waals surface area (Å²) in [5, 5.41) is 17.8. The van der Waals surface area contributed by atoms with Crippen LogP contribution in [0.1, 0.15) is 10.4 Å². The molecule has 5 heteroatoms. The van der Waals surface area contributed by atoms with Gasteiger partial charge in [-0.05, 0) is 18.2 Å². The first-order chi connectivity index (χ1) is 6.65. The van der Waals surface area contributed by atoms with Crippen molar-refractivity contribution in [3.8, 4) is 11.8 Å². The molecule has 14 heavy (non-hydrogen) atoms.